The van der Waals surface area contributed by atoms with Gasteiger partial charge in [-0.2, -0.15) is 0 Å². The van der Waals surface area contributed by atoms with Crippen LogP contribution in [0.15, 0.2) is 28.6 Å². The molecule has 1 aromatic carbocycles. The molecule has 31 heavy (non-hydrogen) atoms. The Morgan fingerprint density at radius 1 is 1.23 bits per heavy atom. The van der Waals surface area contributed by atoms with E-state index in [2.05, 4.69) is 26.8 Å². The van der Waals surface area contributed by atoms with E-state index in [1.807, 2.05) is 0 Å². The Labute approximate surface area is 192 Å². The molecule has 2 aromatic rings. The monoisotopic (exact) mass is 486 g/mol. The van der Waals surface area contributed by atoms with Gasteiger partial charge in [0.25, 0.3) is 10.0 Å². The Morgan fingerprint density at radius 2 is 2.03 bits per heavy atom. The molecule has 2 fully saturated rings. The van der Waals surface area contributed by atoms with Crippen molar-refractivity contribution in [3.8, 4) is 0 Å². The third kappa shape index (κ3) is 5.32. The molecule has 0 spiro atoms. The van der Waals surface area contributed by atoms with E-state index >= 15 is 0 Å². The fourth-order valence-electron chi connectivity index (χ4n) is 4.73. The number of likely N-dealkylation sites (tertiary alicyclic amines) is 1. The van der Waals surface area contributed by atoms with E-state index in [9.17, 15) is 12.8 Å². The van der Waals surface area contributed by atoms with Crippen molar-refractivity contribution in [3.05, 3.63) is 34.5 Å². The molecular formula is C21H28ClFN4O2S2. The van der Waals surface area contributed by atoms with Crippen molar-refractivity contribution < 1.29 is 12.8 Å². The van der Waals surface area contributed by atoms with Crippen molar-refractivity contribution in [3.63, 3.8) is 0 Å². The van der Waals surface area contributed by atoms with Crippen LogP contribution in [0.2, 0.25) is 5.02 Å². The second-order valence-corrected chi connectivity index (χ2v) is 11.5. The second kappa shape index (κ2) is 9.60. The minimum absolute atomic E-state index is 0.159. The number of nitrogens with zero attached hydrogens (tertiary/aromatic N) is 2. The first-order valence-corrected chi connectivity index (χ1v) is 13.5. The summed E-state index contributed by atoms with van der Waals surface area (Å²) in [5, 5.41) is 5.45. The number of sulfonamides is 1. The molecule has 170 valence electrons. The average molecular weight is 487 g/mol. The maximum absolute atomic E-state index is 14.9. The number of halogens is 2. The highest BCUT2D eigenvalue weighted by atomic mass is 35.5. The van der Waals surface area contributed by atoms with Crippen LogP contribution in [-0.4, -0.2) is 43.5 Å². The minimum Gasteiger partial charge on any atom is -0.379 e. The third-order valence-electron chi connectivity index (χ3n) is 6.19. The highest BCUT2D eigenvalue weighted by Crippen LogP contribution is 2.34. The highest BCUT2D eigenvalue weighted by Gasteiger charge is 2.33. The van der Waals surface area contributed by atoms with Gasteiger partial charge in [0, 0.05) is 30.2 Å². The molecule has 2 heterocycles. The number of aromatic nitrogens is 1. The topological polar surface area (TPSA) is 74.3 Å². The first kappa shape index (κ1) is 22.8. The first-order chi connectivity index (χ1) is 14.8. The zero-order valence-corrected chi connectivity index (χ0v) is 19.9. The van der Waals surface area contributed by atoms with Gasteiger partial charge in [0.15, 0.2) is 5.13 Å². The Bertz CT molecular complexity index is 1000. The van der Waals surface area contributed by atoms with Gasteiger partial charge in [-0.25, -0.2) is 17.8 Å². The van der Waals surface area contributed by atoms with Gasteiger partial charge in [-0.1, -0.05) is 31.4 Å². The molecule has 0 bridgehead atoms. The van der Waals surface area contributed by atoms with Crippen molar-refractivity contribution in [2.24, 2.45) is 5.92 Å². The normalized spacial score (nSPS) is 25.3. The summed E-state index contributed by atoms with van der Waals surface area (Å²) in [5.74, 6) is -0.151. The van der Waals surface area contributed by atoms with Crippen LogP contribution >= 0.6 is 22.9 Å². The van der Waals surface area contributed by atoms with Crippen LogP contribution in [0.5, 0.6) is 0 Å². The van der Waals surface area contributed by atoms with Gasteiger partial charge in [0.05, 0.1) is 10.7 Å². The molecular weight excluding hydrogens is 459 g/mol. The fourth-order valence-corrected chi connectivity index (χ4v) is 6.89. The van der Waals surface area contributed by atoms with Gasteiger partial charge >= 0.3 is 0 Å². The number of rotatable bonds is 6. The number of piperidine rings is 1. The van der Waals surface area contributed by atoms with Crippen LogP contribution in [0.4, 0.5) is 15.2 Å². The van der Waals surface area contributed by atoms with E-state index in [1.54, 1.807) is 5.38 Å². The van der Waals surface area contributed by atoms with Crippen molar-refractivity contribution >= 4 is 43.8 Å². The number of benzene rings is 1. The molecule has 10 heteroatoms. The number of anilines is 2. The van der Waals surface area contributed by atoms with Crippen LogP contribution in [0.25, 0.3) is 0 Å². The summed E-state index contributed by atoms with van der Waals surface area (Å²) in [6.07, 6.45) is 8.34. The SMILES string of the molecule is C[C@H]1CCCN([C@H]2CCCC[C@@H]2Nc2cc(F)c(S(=O)(=O)Nc3nccs3)cc2Cl)C1. The Morgan fingerprint density at radius 3 is 2.77 bits per heavy atom. The van der Waals surface area contributed by atoms with E-state index in [1.165, 1.54) is 37.6 Å². The molecule has 1 saturated heterocycles. The first-order valence-electron chi connectivity index (χ1n) is 10.8. The van der Waals surface area contributed by atoms with Gasteiger partial charge in [-0.3, -0.25) is 9.62 Å². The van der Waals surface area contributed by atoms with E-state index in [-0.39, 0.29) is 16.2 Å². The lowest BCUT2D eigenvalue weighted by Crippen LogP contribution is -2.51. The number of nitrogens with one attached hydrogen (secondary N) is 2. The summed E-state index contributed by atoms with van der Waals surface area (Å²) in [6.45, 7) is 4.47. The number of hydrogen-bond donors (Lipinski definition) is 2. The van der Waals surface area contributed by atoms with Gasteiger partial charge in [-0.15, -0.1) is 11.3 Å². The largest absolute Gasteiger partial charge is 0.379 e. The molecule has 6 nitrogen and oxygen atoms in total. The molecule has 2 aliphatic rings. The molecule has 1 saturated carbocycles. The minimum atomic E-state index is -4.12. The van der Waals surface area contributed by atoms with Crippen LogP contribution in [0.3, 0.4) is 0 Å². The summed E-state index contributed by atoms with van der Waals surface area (Å²) in [6, 6.07) is 2.91. The molecule has 1 aliphatic heterocycles. The van der Waals surface area contributed by atoms with Gasteiger partial charge in [0.2, 0.25) is 0 Å². The summed E-state index contributed by atoms with van der Waals surface area (Å²) < 4.78 is 42.3. The molecule has 1 aliphatic carbocycles. The molecule has 0 unspecified atom stereocenters. The zero-order chi connectivity index (χ0) is 22.0. The van der Waals surface area contributed by atoms with Crippen LogP contribution < -0.4 is 10.0 Å². The van der Waals surface area contributed by atoms with Gasteiger partial charge in [0.1, 0.15) is 10.7 Å². The van der Waals surface area contributed by atoms with Crippen LogP contribution in [0.1, 0.15) is 45.4 Å². The van der Waals surface area contributed by atoms with Crippen LogP contribution in [0, 0.1) is 11.7 Å². The lowest BCUT2D eigenvalue weighted by Gasteiger charge is -2.44. The smallest absolute Gasteiger partial charge is 0.266 e. The molecule has 2 N–H and O–H groups in total. The molecule has 3 atom stereocenters. The lowest BCUT2D eigenvalue weighted by atomic mass is 9.86. The fraction of sp³-hybridized carbons (Fsp3) is 0.571. The number of hydrogen-bond acceptors (Lipinski definition) is 6. The maximum Gasteiger partial charge on any atom is 0.266 e. The van der Waals surface area contributed by atoms with Crippen molar-refractivity contribution in [1.29, 1.82) is 0 Å². The lowest BCUT2D eigenvalue weighted by molar-refractivity contribution is 0.0959. The summed E-state index contributed by atoms with van der Waals surface area (Å²) in [5.41, 5.74) is 0.439. The standard InChI is InChI=1S/C21H28ClFN4O2S2/c1-14-5-4-9-27(13-14)19-7-3-2-6-17(19)25-18-12-16(23)20(11-15(18)22)31(28,29)26-21-24-8-10-30-21/h8,10-12,14,17,19,25H,2-7,9,13H2,1H3,(H,24,26)/t14-,17-,19-/m0/s1. The Hall–Kier alpha value is -1.42. The molecule has 4 rings (SSSR count). The van der Waals surface area contributed by atoms with Crippen molar-refractivity contribution in [2.45, 2.75) is 62.4 Å². The summed E-state index contributed by atoms with van der Waals surface area (Å²) in [7, 11) is -4.12. The van der Waals surface area contributed by atoms with Crippen LogP contribution in [-0.2, 0) is 10.0 Å². The highest BCUT2D eigenvalue weighted by molar-refractivity contribution is 7.93. The Kier molecular flexibility index (Phi) is 7.05. The molecule has 0 radical (unpaired) electrons. The van der Waals surface area contributed by atoms with Gasteiger partial charge < -0.3 is 5.32 Å². The average Bonchev–Trinajstić information content (AvgIpc) is 3.23. The van der Waals surface area contributed by atoms with E-state index in [4.69, 9.17) is 11.6 Å². The molecule has 1 aromatic heterocycles. The van der Waals surface area contributed by atoms with Gasteiger partial charge in [-0.05, 0) is 50.3 Å². The predicted molar refractivity (Wildman–Crippen MR) is 124 cm³/mol. The van der Waals surface area contributed by atoms with E-state index in [0.717, 1.165) is 43.7 Å². The van der Waals surface area contributed by atoms with Crippen molar-refractivity contribution in [2.75, 3.05) is 23.1 Å². The molecule has 0 amide bonds. The quantitative estimate of drug-likeness (QED) is 0.587. The number of thiazole rings is 1. The zero-order valence-electron chi connectivity index (χ0n) is 17.5. The van der Waals surface area contributed by atoms with E-state index < -0.39 is 20.7 Å². The Balaban J connectivity index is 1.53. The van der Waals surface area contributed by atoms with E-state index in [0.29, 0.717) is 17.6 Å². The summed E-state index contributed by atoms with van der Waals surface area (Å²) >= 11 is 7.54. The summed E-state index contributed by atoms with van der Waals surface area (Å²) in [4.78, 5) is 5.97. The van der Waals surface area contributed by atoms with Crippen molar-refractivity contribution in [1.82, 2.24) is 9.88 Å². The maximum atomic E-state index is 14.9. The third-order valence-corrected chi connectivity index (χ3v) is 8.68. The second-order valence-electron chi connectivity index (χ2n) is 8.55. The predicted octanol–water partition coefficient (Wildman–Crippen LogP) is 5.19.